The van der Waals surface area contributed by atoms with Crippen molar-refractivity contribution in [1.29, 1.82) is 0 Å². The molecule has 52 heavy (non-hydrogen) atoms. The van der Waals surface area contributed by atoms with E-state index in [1.807, 2.05) is 6.92 Å². The van der Waals surface area contributed by atoms with Crippen molar-refractivity contribution < 1.29 is 14.6 Å². The summed E-state index contributed by atoms with van der Waals surface area (Å²) < 4.78 is 5.36. The van der Waals surface area contributed by atoms with Gasteiger partial charge in [0.2, 0.25) is 0 Å². The predicted molar refractivity (Wildman–Crippen MR) is 229 cm³/mol. The number of cyclic esters (lactones) is 1. The highest BCUT2D eigenvalue weighted by molar-refractivity contribution is 5.92. The van der Waals surface area contributed by atoms with Crippen molar-refractivity contribution in [1.82, 2.24) is 0 Å². The minimum Gasteiger partial charge on any atom is -0.453 e. The first kappa shape index (κ1) is 49.2. The number of aliphatic hydroxyl groups is 1. The van der Waals surface area contributed by atoms with E-state index in [9.17, 15) is 9.90 Å². The predicted octanol–water partition coefficient (Wildman–Crippen LogP) is 16.6. The molecule has 2 atom stereocenters. The topological polar surface area (TPSA) is 46.5 Å². The quantitative estimate of drug-likeness (QED) is 0.0386. The summed E-state index contributed by atoms with van der Waals surface area (Å²) in [4.78, 5) is 11.6. The van der Waals surface area contributed by atoms with Crippen LogP contribution in [-0.2, 0) is 9.53 Å². The Labute approximate surface area is 327 Å². The van der Waals surface area contributed by atoms with Crippen molar-refractivity contribution in [3.05, 3.63) is 12.2 Å². The Morgan fingerprint density at radius 3 is 0.788 bits per heavy atom. The molecule has 1 aliphatic rings. The first-order valence-corrected chi connectivity index (χ1v) is 24.1. The molecule has 0 aliphatic carbocycles. The molecular formula is C49H94O3. The second-order valence-corrected chi connectivity index (χ2v) is 17.5. The highest BCUT2D eigenvalue weighted by Crippen LogP contribution is 2.34. The zero-order chi connectivity index (χ0) is 37.6. The Balaban J connectivity index is 1.64. The average Bonchev–Trinajstić information content (AvgIpc) is 3.33. The van der Waals surface area contributed by atoms with Gasteiger partial charge in [0.25, 0.3) is 0 Å². The number of unbranched alkanes of at least 4 members (excludes halogenated alkanes) is 40. The number of rotatable bonds is 42. The van der Waals surface area contributed by atoms with E-state index in [1.165, 1.54) is 250 Å². The van der Waals surface area contributed by atoms with Crippen LogP contribution >= 0.6 is 0 Å². The minimum absolute atomic E-state index is 0.208. The van der Waals surface area contributed by atoms with E-state index < -0.39 is 17.7 Å². The van der Waals surface area contributed by atoms with Crippen LogP contribution in [0.2, 0.25) is 0 Å². The second-order valence-electron chi connectivity index (χ2n) is 17.5. The molecule has 1 fully saturated rings. The van der Waals surface area contributed by atoms with E-state index >= 15 is 0 Å². The van der Waals surface area contributed by atoms with Gasteiger partial charge in [-0.05, 0) is 19.8 Å². The molecule has 308 valence electrons. The minimum atomic E-state index is -0.849. The Morgan fingerprint density at radius 1 is 0.423 bits per heavy atom. The molecule has 0 aromatic heterocycles. The molecule has 1 heterocycles. The normalized spacial score (nSPS) is 17.4. The summed E-state index contributed by atoms with van der Waals surface area (Å²) in [6, 6.07) is 0. The monoisotopic (exact) mass is 731 g/mol. The summed E-state index contributed by atoms with van der Waals surface area (Å²) in [5, 5.41) is 10.2. The van der Waals surface area contributed by atoms with Crippen LogP contribution in [0.25, 0.3) is 0 Å². The Hall–Kier alpha value is -0.830. The molecule has 0 radical (unpaired) electrons. The van der Waals surface area contributed by atoms with E-state index in [4.69, 9.17) is 4.74 Å². The number of aliphatic hydroxyl groups excluding tert-OH is 1. The van der Waals surface area contributed by atoms with Gasteiger partial charge >= 0.3 is 5.97 Å². The van der Waals surface area contributed by atoms with Crippen LogP contribution in [0, 0.1) is 0 Å². The average molecular weight is 731 g/mol. The molecule has 3 heteroatoms. The van der Waals surface area contributed by atoms with E-state index in [0.29, 0.717) is 0 Å². The van der Waals surface area contributed by atoms with Gasteiger partial charge in [-0.25, -0.2) is 4.79 Å². The lowest BCUT2D eigenvalue weighted by atomic mass is 9.90. The zero-order valence-electron chi connectivity index (χ0n) is 35.7. The molecular weight excluding hydrogens is 637 g/mol. The van der Waals surface area contributed by atoms with Crippen molar-refractivity contribution in [2.45, 2.75) is 295 Å². The second kappa shape index (κ2) is 37.1. The molecule has 0 saturated carbocycles. The largest absolute Gasteiger partial charge is 0.453 e. The Kier molecular flexibility index (Phi) is 35.1. The van der Waals surface area contributed by atoms with Gasteiger partial charge in [0.1, 0.15) is 11.7 Å². The summed E-state index contributed by atoms with van der Waals surface area (Å²) in [6.07, 6.45) is 58.5. The molecule has 1 N–H and O–H groups in total. The van der Waals surface area contributed by atoms with E-state index in [-0.39, 0.29) is 5.57 Å². The van der Waals surface area contributed by atoms with E-state index in [2.05, 4.69) is 13.5 Å². The van der Waals surface area contributed by atoms with Gasteiger partial charge in [0.15, 0.2) is 0 Å². The molecule has 0 aromatic rings. The van der Waals surface area contributed by atoms with Crippen LogP contribution in [-0.4, -0.2) is 22.8 Å². The van der Waals surface area contributed by atoms with E-state index in [0.717, 1.165) is 19.3 Å². The van der Waals surface area contributed by atoms with E-state index in [1.54, 1.807) is 0 Å². The Morgan fingerprint density at radius 2 is 0.615 bits per heavy atom. The lowest BCUT2D eigenvalue weighted by molar-refractivity contribution is -0.149. The first-order valence-electron chi connectivity index (χ1n) is 24.1. The van der Waals surface area contributed by atoms with Crippen LogP contribution in [0.3, 0.4) is 0 Å². The summed E-state index contributed by atoms with van der Waals surface area (Å²) in [5.41, 5.74) is -0.558. The Bertz CT molecular complexity index is 777. The zero-order valence-corrected chi connectivity index (χ0v) is 35.7. The maximum absolute atomic E-state index is 11.6. The van der Waals surface area contributed by atoms with Gasteiger partial charge in [-0.1, -0.05) is 270 Å². The maximum atomic E-state index is 11.6. The molecule has 3 nitrogen and oxygen atoms in total. The summed E-state index contributed by atoms with van der Waals surface area (Å²) >= 11 is 0. The van der Waals surface area contributed by atoms with Crippen LogP contribution in [0.4, 0.5) is 0 Å². The molecule has 0 bridgehead atoms. The fourth-order valence-corrected chi connectivity index (χ4v) is 8.44. The lowest BCUT2D eigenvalue weighted by Gasteiger charge is -2.25. The number of carbonyl (C=O) groups excluding carboxylic acids is 1. The standard InChI is InChI=1S/C49H94O3/c1-4-5-6-7-8-9-10-11-12-13-14-15-16-17-18-19-20-21-22-23-24-25-26-27-28-29-30-31-32-33-34-35-36-37-38-39-40-41-42-43-44-45-49(3)47(50)46(2)48(51)52-49/h47,50H,2,4-45H2,1,3H3/t47?,49-/m1/s1. The van der Waals surface area contributed by atoms with Crippen molar-refractivity contribution in [2.75, 3.05) is 0 Å². The number of esters is 1. The third-order valence-corrected chi connectivity index (χ3v) is 12.3. The van der Waals surface area contributed by atoms with Gasteiger partial charge in [-0.15, -0.1) is 0 Å². The molecule has 0 aromatic carbocycles. The van der Waals surface area contributed by atoms with Crippen molar-refractivity contribution in [2.24, 2.45) is 0 Å². The van der Waals surface area contributed by atoms with Gasteiger partial charge in [0, 0.05) is 0 Å². The number of carbonyl (C=O) groups is 1. The molecule has 0 spiro atoms. The van der Waals surface area contributed by atoms with Crippen LogP contribution in [0.5, 0.6) is 0 Å². The van der Waals surface area contributed by atoms with Crippen LogP contribution in [0.15, 0.2) is 12.2 Å². The molecule has 0 amide bonds. The van der Waals surface area contributed by atoms with Crippen molar-refractivity contribution in [3.8, 4) is 0 Å². The maximum Gasteiger partial charge on any atom is 0.336 e. The third kappa shape index (κ3) is 29.5. The molecule has 1 unspecified atom stereocenters. The molecule has 1 rings (SSSR count). The molecule has 1 saturated heterocycles. The summed E-state index contributed by atoms with van der Waals surface area (Å²) in [7, 11) is 0. The van der Waals surface area contributed by atoms with Gasteiger partial charge in [-0.3, -0.25) is 0 Å². The van der Waals surface area contributed by atoms with Crippen molar-refractivity contribution in [3.63, 3.8) is 0 Å². The summed E-state index contributed by atoms with van der Waals surface area (Å²) in [6.45, 7) is 7.79. The summed E-state index contributed by atoms with van der Waals surface area (Å²) in [5.74, 6) is -0.438. The highest BCUT2D eigenvalue weighted by atomic mass is 16.6. The number of hydrogen-bond donors (Lipinski definition) is 1. The molecule has 1 aliphatic heterocycles. The third-order valence-electron chi connectivity index (χ3n) is 12.3. The number of ether oxygens (including phenoxy) is 1. The van der Waals surface area contributed by atoms with Crippen LogP contribution < -0.4 is 0 Å². The van der Waals surface area contributed by atoms with Gasteiger partial charge in [0.05, 0.1) is 5.57 Å². The first-order chi connectivity index (χ1) is 25.5. The smallest absolute Gasteiger partial charge is 0.336 e. The fraction of sp³-hybridized carbons (Fsp3) is 0.939. The fourth-order valence-electron chi connectivity index (χ4n) is 8.44. The number of hydrogen-bond acceptors (Lipinski definition) is 3. The lowest BCUT2D eigenvalue weighted by Crippen LogP contribution is -2.36. The highest BCUT2D eigenvalue weighted by Gasteiger charge is 2.47. The van der Waals surface area contributed by atoms with Crippen LogP contribution in [0.1, 0.15) is 284 Å². The van der Waals surface area contributed by atoms with Gasteiger partial charge in [-0.2, -0.15) is 0 Å². The van der Waals surface area contributed by atoms with Crippen molar-refractivity contribution >= 4 is 5.97 Å². The van der Waals surface area contributed by atoms with Gasteiger partial charge < -0.3 is 9.84 Å². The SMILES string of the molecule is C=C1C(=O)O[C@](C)(CCCCCCCCCCCCCCCCCCCCCCCCCCCCCCCCCCCCCCCCCCC)C1O.